The van der Waals surface area contributed by atoms with E-state index in [1.807, 2.05) is 37.5 Å². The van der Waals surface area contributed by atoms with Crippen LogP contribution in [-0.2, 0) is 19.2 Å². The third-order valence-electron chi connectivity index (χ3n) is 6.39. The van der Waals surface area contributed by atoms with Crippen molar-refractivity contribution in [3.05, 3.63) is 36.3 Å². The van der Waals surface area contributed by atoms with E-state index in [0.29, 0.717) is 6.42 Å². The van der Waals surface area contributed by atoms with Crippen LogP contribution >= 0.6 is 0 Å². The number of halogens is 6. The van der Waals surface area contributed by atoms with E-state index < -0.39 is 24.3 Å². The van der Waals surface area contributed by atoms with Gasteiger partial charge >= 0.3 is 24.3 Å². The number of alkyl halides is 6. The number of carboxylic acids is 2. The molecule has 0 spiro atoms. The van der Waals surface area contributed by atoms with Gasteiger partial charge in [0, 0.05) is 18.5 Å². The molecule has 1 amide bonds. The third-order valence-corrected chi connectivity index (χ3v) is 6.39. The summed E-state index contributed by atoms with van der Waals surface area (Å²) in [6, 6.07) is 7.64. The molecule has 0 radical (unpaired) electrons. The number of carboxylic acid groups (broad SMARTS) is 2. The Labute approximate surface area is 255 Å². The van der Waals surface area contributed by atoms with Gasteiger partial charge in [0.1, 0.15) is 17.4 Å². The van der Waals surface area contributed by atoms with Gasteiger partial charge in [-0.15, -0.1) is 0 Å². The molecule has 4 N–H and O–H groups in total. The van der Waals surface area contributed by atoms with Crippen molar-refractivity contribution in [2.24, 2.45) is 5.92 Å². The number of unbranched alkanes of at least 4 members (excludes halogenated alkanes) is 2. The molecular formula is C28H36F6N4O7. The molecule has 0 bridgehead atoms. The number of imidazole rings is 1. The molecule has 1 aliphatic rings. The average Bonchev–Trinajstić information content (AvgIpc) is 3.61. The van der Waals surface area contributed by atoms with Crippen LogP contribution in [0.3, 0.4) is 0 Å². The maximum absolute atomic E-state index is 12.9. The smallest absolute Gasteiger partial charge is 0.490 e. The van der Waals surface area contributed by atoms with Crippen molar-refractivity contribution in [3.63, 3.8) is 0 Å². The first kappa shape index (κ1) is 38.9. The van der Waals surface area contributed by atoms with Crippen LogP contribution in [0.4, 0.5) is 26.3 Å². The number of likely N-dealkylation sites (tertiary alicyclic amines) is 1. The number of aromatic amines is 1. The van der Waals surface area contributed by atoms with E-state index >= 15 is 0 Å². The van der Waals surface area contributed by atoms with Crippen LogP contribution in [0.5, 0.6) is 5.75 Å². The minimum atomic E-state index is -5.08. The highest BCUT2D eigenvalue weighted by molar-refractivity contribution is 5.79. The van der Waals surface area contributed by atoms with Gasteiger partial charge in [-0.2, -0.15) is 26.3 Å². The lowest BCUT2D eigenvalue weighted by Gasteiger charge is -2.19. The van der Waals surface area contributed by atoms with Gasteiger partial charge in [0.15, 0.2) is 0 Å². The van der Waals surface area contributed by atoms with Gasteiger partial charge in [-0.3, -0.25) is 4.79 Å². The molecule has 252 valence electrons. The number of methoxy groups -OCH3 is 1. The number of ketones is 1. The first-order valence-electron chi connectivity index (χ1n) is 13.6. The summed E-state index contributed by atoms with van der Waals surface area (Å²) < 4.78 is 68.8. The monoisotopic (exact) mass is 654 g/mol. The molecule has 1 aromatic carbocycles. The molecule has 3 rings (SSSR count). The summed E-state index contributed by atoms with van der Waals surface area (Å²) in [6.07, 6.45) is -3.29. The van der Waals surface area contributed by atoms with Gasteiger partial charge in [-0.25, -0.2) is 14.6 Å². The standard InChI is InChI=1S/C24H34N4O3.2C2HF3O2/c1-17(29)8-5-4-6-11-21(27-24(30)19-12-13-28(2)16-19)23-25-15-22(26-23)18-9-7-10-20(14-18)31-3;2*3-2(4,5)1(6)7/h7,9-10,14-15,19,21H,4-6,8,11-13,16H2,1-3H3,(H,25,26)(H,27,30);2*(H,6,7)/t19-,21+;;/m1../s1. The molecule has 1 aromatic heterocycles. The maximum Gasteiger partial charge on any atom is 0.490 e. The number of amides is 1. The number of benzene rings is 1. The molecule has 2 atom stereocenters. The van der Waals surface area contributed by atoms with Crippen molar-refractivity contribution in [1.29, 1.82) is 0 Å². The Hall–Kier alpha value is -4.15. The van der Waals surface area contributed by atoms with E-state index in [1.165, 1.54) is 0 Å². The van der Waals surface area contributed by atoms with Crippen LogP contribution in [0.25, 0.3) is 11.3 Å². The summed E-state index contributed by atoms with van der Waals surface area (Å²) in [4.78, 5) is 52.0. The van der Waals surface area contributed by atoms with E-state index in [1.54, 1.807) is 14.0 Å². The predicted molar refractivity (Wildman–Crippen MR) is 148 cm³/mol. The number of Topliss-reactive ketones (excluding diaryl/α,β-unsaturated/α-hetero) is 1. The number of ether oxygens (including phenoxy) is 1. The number of carbonyl (C=O) groups excluding carboxylic acids is 2. The van der Waals surface area contributed by atoms with E-state index in [2.05, 4.69) is 20.2 Å². The topological polar surface area (TPSA) is 162 Å². The number of aromatic nitrogens is 2. The molecule has 45 heavy (non-hydrogen) atoms. The summed E-state index contributed by atoms with van der Waals surface area (Å²) in [5.41, 5.74) is 1.88. The van der Waals surface area contributed by atoms with Crippen LogP contribution in [-0.4, -0.2) is 88.3 Å². The zero-order valence-electron chi connectivity index (χ0n) is 24.8. The number of rotatable bonds is 11. The van der Waals surface area contributed by atoms with Crippen LogP contribution in [0.1, 0.15) is 57.3 Å². The van der Waals surface area contributed by atoms with Crippen LogP contribution in [0.2, 0.25) is 0 Å². The molecule has 0 unspecified atom stereocenters. The highest BCUT2D eigenvalue weighted by Gasteiger charge is 2.39. The second-order valence-corrected chi connectivity index (χ2v) is 10.1. The number of H-pyrrole nitrogens is 1. The van der Waals surface area contributed by atoms with Crippen molar-refractivity contribution in [2.75, 3.05) is 27.2 Å². The van der Waals surface area contributed by atoms with Crippen molar-refractivity contribution in [2.45, 2.75) is 63.8 Å². The maximum atomic E-state index is 12.9. The minimum absolute atomic E-state index is 0.0260. The zero-order chi connectivity index (χ0) is 34.4. The van der Waals surface area contributed by atoms with Crippen molar-refractivity contribution >= 4 is 23.6 Å². The second kappa shape index (κ2) is 18.0. The number of hydrogen-bond donors (Lipinski definition) is 4. The fourth-order valence-corrected chi connectivity index (χ4v) is 4.07. The molecule has 2 aromatic rings. The van der Waals surface area contributed by atoms with Gasteiger partial charge < -0.3 is 34.9 Å². The lowest BCUT2D eigenvalue weighted by atomic mass is 10.0. The number of nitrogens with zero attached hydrogens (tertiary/aromatic N) is 2. The van der Waals surface area contributed by atoms with Gasteiger partial charge in [0.2, 0.25) is 5.91 Å². The Morgan fingerprint density at radius 1 is 1.07 bits per heavy atom. The summed E-state index contributed by atoms with van der Waals surface area (Å²) in [7, 11) is 3.70. The van der Waals surface area contributed by atoms with Crippen LogP contribution in [0, 0.1) is 5.92 Å². The fourth-order valence-electron chi connectivity index (χ4n) is 4.07. The zero-order valence-corrected chi connectivity index (χ0v) is 24.8. The lowest BCUT2D eigenvalue weighted by molar-refractivity contribution is -0.193. The SMILES string of the molecule is COc1cccc(-c2cnc([C@H](CCCCCC(C)=O)NC(=O)[C@@H]3CCN(C)C3)[nH]2)c1.O=C(O)C(F)(F)F.O=C(O)C(F)(F)F. The lowest BCUT2D eigenvalue weighted by Crippen LogP contribution is -2.35. The normalized spacial score (nSPS) is 15.5. The second-order valence-electron chi connectivity index (χ2n) is 10.1. The predicted octanol–water partition coefficient (Wildman–Crippen LogP) is 5.00. The number of carbonyl (C=O) groups is 4. The van der Waals surface area contributed by atoms with Gasteiger partial charge in [-0.05, 0) is 51.9 Å². The number of hydrogen-bond acceptors (Lipinski definition) is 7. The summed E-state index contributed by atoms with van der Waals surface area (Å²) >= 11 is 0. The fraction of sp³-hybridized carbons (Fsp3) is 0.536. The van der Waals surface area contributed by atoms with E-state index in [0.717, 1.165) is 68.0 Å². The van der Waals surface area contributed by atoms with E-state index in [4.69, 9.17) is 24.5 Å². The molecule has 11 nitrogen and oxygen atoms in total. The molecule has 0 saturated carbocycles. The summed E-state index contributed by atoms with van der Waals surface area (Å²) in [5, 5.41) is 17.5. The van der Waals surface area contributed by atoms with Crippen LogP contribution < -0.4 is 10.1 Å². The largest absolute Gasteiger partial charge is 0.497 e. The Kier molecular flexibility index (Phi) is 15.5. The Morgan fingerprint density at radius 2 is 1.67 bits per heavy atom. The molecule has 1 fully saturated rings. The number of aliphatic carboxylic acids is 2. The summed E-state index contributed by atoms with van der Waals surface area (Å²) in [6.45, 7) is 3.38. The molecule has 1 aliphatic heterocycles. The molecule has 1 saturated heterocycles. The highest BCUT2D eigenvalue weighted by Crippen LogP contribution is 2.26. The van der Waals surface area contributed by atoms with Crippen LogP contribution in [0.15, 0.2) is 30.5 Å². The minimum Gasteiger partial charge on any atom is -0.497 e. The van der Waals surface area contributed by atoms with Gasteiger partial charge in [-0.1, -0.05) is 25.0 Å². The molecule has 0 aliphatic carbocycles. The summed E-state index contributed by atoms with van der Waals surface area (Å²) in [5.74, 6) is -3.61. The highest BCUT2D eigenvalue weighted by atomic mass is 19.4. The third kappa shape index (κ3) is 14.9. The quantitative estimate of drug-likeness (QED) is 0.193. The van der Waals surface area contributed by atoms with Crippen molar-refractivity contribution in [3.8, 4) is 17.0 Å². The Bertz CT molecular complexity index is 1240. The van der Waals surface area contributed by atoms with E-state index in [-0.39, 0.29) is 23.7 Å². The Balaban J connectivity index is 0.000000601. The average molecular weight is 655 g/mol. The molecular weight excluding hydrogens is 618 g/mol. The Morgan fingerprint density at radius 3 is 2.16 bits per heavy atom. The molecule has 17 heteroatoms. The van der Waals surface area contributed by atoms with Gasteiger partial charge in [0.25, 0.3) is 0 Å². The molecule has 2 heterocycles. The van der Waals surface area contributed by atoms with Crippen molar-refractivity contribution < 1.29 is 60.5 Å². The number of nitrogens with one attached hydrogen (secondary N) is 2. The van der Waals surface area contributed by atoms with Crippen molar-refractivity contribution in [1.82, 2.24) is 20.2 Å². The first-order valence-corrected chi connectivity index (χ1v) is 13.6. The first-order chi connectivity index (χ1) is 20.8. The van der Waals surface area contributed by atoms with Gasteiger partial charge in [0.05, 0.1) is 31.0 Å². The van der Waals surface area contributed by atoms with E-state index in [9.17, 15) is 35.9 Å².